The summed E-state index contributed by atoms with van der Waals surface area (Å²) in [5.74, 6) is -2.34. The highest BCUT2D eigenvalue weighted by Gasteiger charge is 2.55. The highest BCUT2D eigenvalue weighted by atomic mass is 32.2. The number of fused-ring (bicyclic) bond motifs is 3. The molecular formula is C26H28F4N2O8S. The topological polar surface area (TPSA) is 140 Å². The van der Waals surface area contributed by atoms with Crippen LogP contribution < -0.4 is 24.8 Å². The molecule has 0 aromatic heterocycles. The van der Waals surface area contributed by atoms with Gasteiger partial charge in [0.2, 0.25) is 0 Å². The van der Waals surface area contributed by atoms with Crippen molar-refractivity contribution in [3.63, 3.8) is 0 Å². The smallest absolute Gasteiger partial charge is 0.484 e. The molecule has 2 aromatic carbocycles. The number of nitrogens with one attached hydrogen (secondary N) is 2. The number of carbonyl (C=O) groups is 2. The lowest BCUT2D eigenvalue weighted by molar-refractivity contribution is -0.274. The zero-order valence-electron chi connectivity index (χ0n) is 21.8. The summed E-state index contributed by atoms with van der Waals surface area (Å²) >= 11 is 0. The molecule has 0 radical (unpaired) electrons. The number of hydrogen-bond donors (Lipinski definition) is 3. The summed E-state index contributed by atoms with van der Waals surface area (Å²) in [6, 6.07) is 7.74. The van der Waals surface area contributed by atoms with E-state index in [2.05, 4.69) is 15.4 Å². The third-order valence-corrected chi connectivity index (χ3v) is 8.34. The SMILES string of the molecule is CS(=O)(=O)c1ccc(OCC(=O)NC23CCC(NC(=O)COc4ccc(OC(F)(F)F)cc4)(CC2)[C@H](O)C3)cc1F. The molecule has 2 aromatic rings. The van der Waals surface area contributed by atoms with Crippen molar-refractivity contribution in [1.82, 2.24) is 10.6 Å². The van der Waals surface area contributed by atoms with Crippen LogP contribution in [0.15, 0.2) is 47.4 Å². The Kier molecular flexibility index (Phi) is 8.41. The molecule has 41 heavy (non-hydrogen) atoms. The zero-order valence-corrected chi connectivity index (χ0v) is 22.6. The van der Waals surface area contributed by atoms with E-state index in [4.69, 9.17) is 9.47 Å². The van der Waals surface area contributed by atoms with Crippen LogP contribution in [-0.2, 0) is 19.4 Å². The van der Waals surface area contributed by atoms with Crippen LogP contribution in [0.4, 0.5) is 17.6 Å². The van der Waals surface area contributed by atoms with E-state index in [0.29, 0.717) is 25.7 Å². The van der Waals surface area contributed by atoms with Crippen LogP contribution >= 0.6 is 0 Å². The van der Waals surface area contributed by atoms with Gasteiger partial charge in [0, 0.05) is 17.9 Å². The predicted octanol–water partition coefficient (Wildman–Crippen LogP) is 2.63. The monoisotopic (exact) mass is 604 g/mol. The van der Waals surface area contributed by atoms with Gasteiger partial charge in [0.05, 0.1) is 11.6 Å². The molecule has 3 fully saturated rings. The van der Waals surface area contributed by atoms with Crippen molar-refractivity contribution in [1.29, 1.82) is 0 Å². The van der Waals surface area contributed by atoms with Crippen molar-refractivity contribution in [2.45, 2.75) is 60.5 Å². The van der Waals surface area contributed by atoms with Crippen molar-refractivity contribution in [3.8, 4) is 17.2 Å². The van der Waals surface area contributed by atoms with E-state index in [1.54, 1.807) is 0 Å². The summed E-state index contributed by atoms with van der Waals surface area (Å²) in [7, 11) is -3.75. The van der Waals surface area contributed by atoms with E-state index in [-0.39, 0.29) is 17.9 Å². The summed E-state index contributed by atoms with van der Waals surface area (Å²) in [4.78, 5) is 24.7. The summed E-state index contributed by atoms with van der Waals surface area (Å²) in [5.41, 5.74) is -1.65. The van der Waals surface area contributed by atoms with Gasteiger partial charge >= 0.3 is 6.36 Å². The maximum Gasteiger partial charge on any atom is 0.573 e. The predicted molar refractivity (Wildman–Crippen MR) is 134 cm³/mol. The van der Waals surface area contributed by atoms with Crippen molar-refractivity contribution in [2.75, 3.05) is 19.5 Å². The fraction of sp³-hybridized carbons (Fsp3) is 0.462. The van der Waals surface area contributed by atoms with Gasteiger partial charge in [-0.15, -0.1) is 13.2 Å². The molecular weight excluding hydrogens is 576 g/mol. The van der Waals surface area contributed by atoms with Gasteiger partial charge in [-0.25, -0.2) is 12.8 Å². The Morgan fingerprint density at radius 1 is 0.927 bits per heavy atom. The molecule has 0 unspecified atom stereocenters. The number of ether oxygens (including phenoxy) is 3. The fourth-order valence-electron chi connectivity index (χ4n) is 5.21. The van der Waals surface area contributed by atoms with Gasteiger partial charge in [-0.2, -0.15) is 0 Å². The molecule has 2 bridgehead atoms. The number of amides is 2. The highest BCUT2D eigenvalue weighted by Crippen LogP contribution is 2.47. The molecule has 2 amide bonds. The first kappa shape index (κ1) is 30.4. The Labute approximate surface area is 232 Å². The standard InChI is InChI=1S/C26H28F4N2O8S/c1-41(36,37)20-7-6-18(12-19(20)27)39-14-22(34)31-24-8-10-25(11-9-24,21(33)13-24)32-23(35)15-38-16-2-4-17(5-3-16)40-26(28,29)30/h2-7,12,21,33H,8-11,13-15H2,1H3,(H,31,34)(H,32,35)/t21-,24?,25?/m1/s1. The van der Waals surface area contributed by atoms with Crippen molar-refractivity contribution < 1.29 is 54.9 Å². The van der Waals surface area contributed by atoms with E-state index in [1.165, 1.54) is 18.2 Å². The Morgan fingerprint density at radius 3 is 2.00 bits per heavy atom. The number of benzene rings is 2. The maximum atomic E-state index is 14.1. The van der Waals surface area contributed by atoms with Crippen LogP contribution in [0.5, 0.6) is 17.2 Å². The minimum atomic E-state index is -4.83. The summed E-state index contributed by atoms with van der Waals surface area (Å²) in [5, 5.41) is 16.6. The molecule has 3 saturated carbocycles. The second-order valence-electron chi connectivity index (χ2n) is 10.2. The van der Waals surface area contributed by atoms with Crippen LogP contribution in [-0.4, -0.2) is 68.4 Å². The van der Waals surface area contributed by atoms with Gasteiger partial charge in [0.25, 0.3) is 11.8 Å². The molecule has 224 valence electrons. The lowest BCUT2D eigenvalue weighted by atomic mass is 9.60. The van der Waals surface area contributed by atoms with Crippen LogP contribution in [0.25, 0.3) is 0 Å². The minimum absolute atomic E-state index is 0.0237. The van der Waals surface area contributed by atoms with Crippen LogP contribution in [0.1, 0.15) is 32.1 Å². The van der Waals surface area contributed by atoms with Gasteiger partial charge in [0.1, 0.15) is 28.0 Å². The summed E-state index contributed by atoms with van der Waals surface area (Å²) in [6.07, 6.45) is -3.13. The first-order valence-corrected chi connectivity index (χ1v) is 14.4. The van der Waals surface area contributed by atoms with Gasteiger partial charge in [-0.05, 0) is 68.5 Å². The molecule has 0 saturated heterocycles. The third kappa shape index (κ3) is 7.58. The van der Waals surface area contributed by atoms with Crippen molar-refractivity contribution >= 4 is 21.7 Å². The quantitative estimate of drug-likeness (QED) is 0.352. The average Bonchev–Trinajstić information content (AvgIpc) is 2.86. The fourth-order valence-corrected chi connectivity index (χ4v) is 5.94. The van der Waals surface area contributed by atoms with E-state index in [9.17, 15) is 40.7 Å². The van der Waals surface area contributed by atoms with E-state index in [1.807, 2.05) is 0 Å². The van der Waals surface area contributed by atoms with E-state index < -0.39 is 74.9 Å². The maximum absolute atomic E-state index is 14.1. The molecule has 1 atom stereocenters. The van der Waals surface area contributed by atoms with Gasteiger partial charge in [0.15, 0.2) is 23.1 Å². The largest absolute Gasteiger partial charge is 0.573 e. The molecule has 15 heteroatoms. The highest BCUT2D eigenvalue weighted by molar-refractivity contribution is 7.90. The van der Waals surface area contributed by atoms with Crippen molar-refractivity contribution in [2.24, 2.45) is 0 Å². The average molecular weight is 605 g/mol. The second kappa shape index (κ2) is 11.4. The normalized spacial score (nSPS) is 23.9. The Balaban J connectivity index is 1.25. The second-order valence-corrected chi connectivity index (χ2v) is 12.2. The molecule has 3 N–H and O–H groups in total. The number of alkyl halides is 3. The van der Waals surface area contributed by atoms with Crippen LogP contribution in [0.3, 0.4) is 0 Å². The van der Waals surface area contributed by atoms with E-state index >= 15 is 0 Å². The molecule has 3 aliphatic carbocycles. The number of aliphatic hydroxyl groups excluding tert-OH is 1. The number of halogens is 4. The first-order valence-electron chi connectivity index (χ1n) is 12.5. The van der Waals surface area contributed by atoms with Crippen LogP contribution in [0.2, 0.25) is 0 Å². The van der Waals surface area contributed by atoms with Crippen molar-refractivity contribution in [3.05, 3.63) is 48.3 Å². The molecule has 0 spiro atoms. The van der Waals surface area contributed by atoms with Gasteiger partial charge < -0.3 is 30.0 Å². The number of aliphatic hydroxyl groups is 1. The number of carbonyl (C=O) groups excluding carboxylic acids is 2. The van der Waals surface area contributed by atoms with Gasteiger partial charge in [-0.1, -0.05) is 0 Å². The number of hydrogen-bond acceptors (Lipinski definition) is 8. The first-order chi connectivity index (χ1) is 19.1. The van der Waals surface area contributed by atoms with Crippen LogP contribution in [0, 0.1) is 5.82 Å². The number of rotatable bonds is 10. The molecule has 10 nitrogen and oxygen atoms in total. The minimum Gasteiger partial charge on any atom is -0.484 e. The Morgan fingerprint density at radius 2 is 1.46 bits per heavy atom. The Hall–Kier alpha value is -3.59. The van der Waals surface area contributed by atoms with Gasteiger partial charge in [-0.3, -0.25) is 9.59 Å². The van der Waals surface area contributed by atoms with E-state index in [0.717, 1.165) is 30.5 Å². The molecule has 5 rings (SSSR count). The number of sulfone groups is 1. The Bertz CT molecular complexity index is 1390. The summed E-state index contributed by atoms with van der Waals surface area (Å²) in [6.45, 7) is -0.892. The lowest BCUT2D eigenvalue weighted by Gasteiger charge is -2.56. The molecule has 3 aliphatic rings. The zero-order chi connectivity index (χ0) is 30.1. The summed E-state index contributed by atoms with van der Waals surface area (Å²) < 4.78 is 88.4. The third-order valence-electron chi connectivity index (χ3n) is 7.21. The molecule has 0 aliphatic heterocycles. The lowest BCUT2D eigenvalue weighted by Crippen LogP contribution is -2.70. The molecule has 0 heterocycles.